The Hall–Kier alpha value is -3.34. The molecule has 0 heterocycles. The minimum atomic E-state index is -1.00. The van der Waals surface area contributed by atoms with Crippen molar-refractivity contribution in [3.8, 4) is 22.6 Å². The van der Waals surface area contributed by atoms with E-state index in [1.54, 1.807) is 13.2 Å². The molecule has 0 saturated carbocycles. The third-order valence-electron chi connectivity index (χ3n) is 5.16. The SMILES string of the molecule is COc1cc(CCc2c(C)ccc(OCC(=O)O)c2C)cc(-c2cccc(F)c2)c1. The van der Waals surface area contributed by atoms with Gasteiger partial charge in [0, 0.05) is 0 Å². The van der Waals surface area contributed by atoms with Crippen molar-refractivity contribution >= 4 is 5.97 Å². The molecule has 0 aliphatic rings. The molecule has 3 rings (SSSR count). The van der Waals surface area contributed by atoms with Gasteiger partial charge in [0.05, 0.1) is 7.11 Å². The Bertz CT molecular complexity index is 1060. The standard InChI is InChI=1S/C25H25FO4/c1-16-7-10-24(30-15-25(27)28)17(2)23(16)9-8-18-11-20(14-22(12-18)29-3)19-5-4-6-21(26)13-19/h4-7,10-14H,8-9,15H2,1-3H3,(H,27,28). The van der Waals surface area contributed by atoms with E-state index >= 15 is 0 Å². The highest BCUT2D eigenvalue weighted by atomic mass is 19.1. The van der Waals surface area contributed by atoms with Crippen LogP contribution in [0.2, 0.25) is 0 Å². The van der Waals surface area contributed by atoms with Gasteiger partial charge in [-0.15, -0.1) is 0 Å². The van der Waals surface area contributed by atoms with Gasteiger partial charge in [-0.3, -0.25) is 0 Å². The van der Waals surface area contributed by atoms with Gasteiger partial charge in [-0.25, -0.2) is 9.18 Å². The Balaban J connectivity index is 1.86. The highest BCUT2D eigenvalue weighted by molar-refractivity contribution is 5.68. The predicted octanol–water partition coefficient (Wildman–Crippen LogP) is 5.37. The van der Waals surface area contributed by atoms with Crippen molar-refractivity contribution in [3.05, 3.63) is 82.7 Å². The van der Waals surface area contributed by atoms with E-state index in [0.29, 0.717) is 5.75 Å². The lowest BCUT2D eigenvalue weighted by atomic mass is 9.94. The molecule has 0 amide bonds. The topological polar surface area (TPSA) is 55.8 Å². The largest absolute Gasteiger partial charge is 0.497 e. The van der Waals surface area contributed by atoms with Gasteiger partial charge in [0.2, 0.25) is 0 Å². The maximum Gasteiger partial charge on any atom is 0.341 e. The lowest BCUT2D eigenvalue weighted by Gasteiger charge is -2.15. The number of carboxylic acid groups (broad SMARTS) is 1. The van der Waals surface area contributed by atoms with Crippen molar-refractivity contribution in [2.45, 2.75) is 26.7 Å². The first-order valence-corrected chi connectivity index (χ1v) is 9.75. The van der Waals surface area contributed by atoms with Crippen LogP contribution in [0.1, 0.15) is 22.3 Å². The van der Waals surface area contributed by atoms with Gasteiger partial charge in [-0.2, -0.15) is 0 Å². The molecule has 0 saturated heterocycles. The molecule has 5 heteroatoms. The van der Waals surface area contributed by atoms with Crippen LogP contribution in [-0.2, 0) is 17.6 Å². The van der Waals surface area contributed by atoms with Gasteiger partial charge >= 0.3 is 5.97 Å². The second-order valence-corrected chi connectivity index (χ2v) is 7.25. The highest BCUT2D eigenvalue weighted by Crippen LogP contribution is 2.29. The van der Waals surface area contributed by atoms with E-state index < -0.39 is 5.97 Å². The van der Waals surface area contributed by atoms with Crippen LogP contribution < -0.4 is 9.47 Å². The molecule has 0 bridgehead atoms. The summed E-state index contributed by atoms with van der Waals surface area (Å²) in [6.07, 6.45) is 1.52. The first-order chi connectivity index (χ1) is 14.4. The minimum Gasteiger partial charge on any atom is -0.497 e. The molecule has 0 atom stereocenters. The van der Waals surface area contributed by atoms with Crippen molar-refractivity contribution in [1.29, 1.82) is 0 Å². The second-order valence-electron chi connectivity index (χ2n) is 7.25. The summed E-state index contributed by atoms with van der Waals surface area (Å²) in [7, 11) is 1.62. The average molecular weight is 408 g/mol. The maximum absolute atomic E-state index is 13.7. The zero-order valence-corrected chi connectivity index (χ0v) is 17.4. The molecule has 3 aromatic rings. The fraction of sp³-hybridized carbons (Fsp3) is 0.240. The molecule has 0 unspecified atom stereocenters. The van der Waals surface area contributed by atoms with Crippen molar-refractivity contribution in [2.75, 3.05) is 13.7 Å². The molecule has 1 N–H and O–H groups in total. The van der Waals surface area contributed by atoms with Gasteiger partial charge in [0.1, 0.15) is 17.3 Å². The number of halogens is 1. The van der Waals surface area contributed by atoms with Crippen LogP contribution in [0.5, 0.6) is 11.5 Å². The average Bonchev–Trinajstić information content (AvgIpc) is 2.72. The summed E-state index contributed by atoms with van der Waals surface area (Å²) in [6.45, 7) is 3.62. The van der Waals surface area contributed by atoms with E-state index in [0.717, 1.165) is 52.0 Å². The monoisotopic (exact) mass is 408 g/mol. The van der Waals surface area contributed by atoms with E-state index in [2.05, 4.69) is 0 Å². The second kappa shape index (κ2) is 9.44. The van der Waals surface area contributed by atoms with Gasteiger partial charge in [0.25, 0.3) is 0 Å². The Morgan fingerprint density at radius 1 is 1.00 bits per heavy atom. The van der Waals surface area contributed by atoms with Crippen LogP contribution in [0.4, 0.5) is 4.39 Å². The number of methoxy groups -OCH3 is 1. The normalized spacial score (nSPS) is 10.7. The molecule has 0 aliphatic carbocycles. The summed E-state index contributed by atoms with van der Waals surface area (Å²) >= 11 is 0. The number of carbonyl (C=O) groups is 1. The number of rotatable bonds is 8. The van der Waals surface area contributed by atoms with Crippen LogP contribution in [0.25, 0.3) is 11.1 Å². The number of aliphatic carboxylic acids is 1. The Labute approximate surface area is 175 Å². The third kappa shape index (κ3) is 5.17. The molecule has 156 valence electrons. The quantitative estimate of drug-likeness (QED) is 0.545. The first-order valence-electron chi connectivity index (χ1n) is 9.75. The molecule has 0 fully saturated rings. The van der Waals surface area contributed by atoms with Crippen LogP contribution >= 0.6 is 0 Å². The fourth-order valence-electron chi connectivity index (χ4n) is 3.58. The predicted molar refractivity (Wildman–Crippen MR) is 115 cm³/mol. The van der Waals surface area contributed by atoms with Gasteiger partial charge < -0.3 is 14.6 Å². The highest BCUT2D eigenvalue weighted by Gasteiger charge is 2.11. The summed E-state index contributed by atoms with van der Waals surface area (Å²) in [5.41, 5.74) is 5.98. The molecular weight excluding hydrogens is 383 g/mol. The first kappa shape index (κ1) is 21.4. The summed E-state index contributed by atoms with van der Waals surface area (Å²) in [4.78, 5) is 10.8. The molecule has 3 aromatic carbocycles. The molecule has 0 aliphatic heterocycles. The molecule has 0 radical (unpaired) electrons. The summed E-state index contributed by atoms with van der Waals surface area (Å²) in [6, 6.07) is 16.2. The maximum atomic E-state index is 13.7. The minimum absolute atomic E-state index is 0.277. The third-order valence-corrected chi connectivity index (χ3v) is 5.16. The van der Waals surface area contributed by atoms with Crippen molar-refractivity contribution in [1.82, 2.24) is 0 Å². The van der Waals surface area contributed by atoms with Crippen molar-refractivity contribution < 1.29 is 23.8 Å². The molecule has 30 heavy (non-hydrogen) atoms. The lowest BCUT2D eigenvalue weighted by molar-refractivity contribution is -0.139. The lowest BCUT2D eigenvalue weighted by Crippen LogP contribution is -2.11. The molecular formula is C25H25FO4. The summed E-state index contributed by atoms with van der Waals surface area (Å²) in [5.74, 6) is 0.0296. The summed E-state index contributed by atoms with van der Waals surface area (Å²) in [5, 5.41) is 8.87. The number of ether oxygens (including phenoxy) is 2. The zero-order chi connectivity index (χ0) is 21.7. The number of hydrogen-bond donors (Lipinski definition) is 1. The number of hydrogen-bond acceptors (Lipinski definition) is 3. The zero-order valence-electron chi connectivity index (χ0n) is 17.4. The van der Waals surface area contributed by atoms with Crippen LogP contribution in [0, 0.1) is 19.7 Å². The molecule has 0 aromatic heterocycles. The number of carboxylic acids is 1. The number of benzene rings is 3. The van der Waals surface area contributed by atoms with E-state index in [1.165, 1.54) is 12.1 Å². The summed E-state index contributed by atoms with van der Waals surface area (Å²) < 4.78 is 24.5. The van der Waals surface area contributed by atoms with Gasteiger partial charge in [0.15, 0.2) is 6.61 Å². The smallest absolute Gasteiger partial charge is 0.341 e. The van der Waals surface area contributed by atoms with Gasteiger partial charge in [-0.05, 0) is 90.4 Å². The van der Waals surface area contributed by atoms with Crippen LogP contribution in [0.15, 0.2) is 54.6 Å². The van der Waals surface area contributed by atoms with E-state index in [-0.39, 0.29) is 12.4 Å². The molecule has 4 nitrogen and oxygen atoms in total. The Morgan fingerprint density at radius 3 is 2.50 bits per heavy atom. The Morgan fingerprint density at radius 2 is 1.80 bits per heavy atom. The van der Waals surface area contributed by atoms with Gasteiger partial charge in [-0.1, -0.05) is 24.3 Å². The molecule has 0 spiro atoms. The fourth-order valence-corrected chi connectivity index (χ4v) is 3.58. The van der Waals surface area contributed by atoms with Crippen LogP contribution in [-0.4, -0.2) is 24.8 Å². The van der Waals surface area contributed by atoms with E-state index in [1.807, 2.05) is 50.2 Å². The van der Waals surface area contributed by atoms with E-state index in [9.17, 15) is 9.18 Å². The van der Waals surface area contributed by atoms with Crippen molar-refractivity contribution in [3.63, 3.8) is 0 Å². The van der Waals surface area contributed by atoms with Crippen molar-refractivity contribution in [2.24, 2.45) is 0 Å². The van der Waals surface area contributed by atoms with E-state index in [4.69, 9.17) is 14.6 Å². The Kier molecular flexibility index (Phi) is 6.72. The van der Waals surface area contributed by atoms with Crippen LogP contribution in [0.3, 0.4) is 0 Å². The number of aryl methyl sites for hydroxylation is 2.